The highest BCUT2D eigenvalue weighted by molar-refractivity contribution is 7.52. The lowest BCUT2D eigenvalue weighted by Crippen LogP contribution is -2.32. The summed E-state index contributed by atoms with van der Waals surface area (Å²) in [4.78, 5) is 17.1. The molecule has 0 aromatic carbocycles. The van der Waals surface area contributed by atoms with Gasteiger partial charge in [-0.3, -0.25) is 15.2 Å². The fraction of sp³-hybridized carbons (Fsp3) is 1.00. The summed E-state index contributed by atoms with van der Waals surface area (Å²) in [6.07, 6.45) is -2.70. The Hall–Kier alpha value is -0.0100. The third-order valence-electron chi connectivity index (χ3n) is 1.32. The van der Waals surface area contributed by atoms with Crippen LogP contribution in [0.25, 0.3) is 0 Å². The number of hydrogen-bond acceptors (Lipinski definition) is 5. The molecular weight excluding hydrogens is 175 g/mol. The lowest BCUT2D eigenvalue weighted by Gasteiger charge is -2.14. The van der Waals surface area contributed by atoms with E-state index in [1.165, 1.54) is 0 Å². The second-order valence-electron chi connectivity index (χ2n) is 2.21. The van der Waals surface area contributed by atoms with Gasteiger partial charge in [0.1, 0.15) is 6.23 Å². The van der Waals surface area contributed by atoms with Crippen molar-refractivity contribution in [2.45, 2.75) is 18.4 Å². The summed E-state index contributed by atoms with van der Waals surface area (Å²) in [5.41, 5.74) is 0. The summed E-state index contributed by atoms with van der Waals surface area (Å²) in [7, 11) is -4.39. The summed E-state index contributed by atoms with van der Waals surface area (Å²) < 4.78 is 10.5. The number of hydrogen-bond donors (Lipinski definition) is 6. The van der Waals surface area contributed by atoms with E-state index in [1.807, 2.05) is 0 Å². The van der Waals surface area contributed by atoms with E-state index in [9.17, 15) is 4.57 Å². The average molecular weight is 184 g/mol. The van der Waals surface area contributed by atoms with Crippen molar-refractivity contribution in [3.05, 3.63) is 0 Å². The number of rotatable bonds is 1. The SMILES string of the molecule is O=P(O)(O)C1NC(O)NC1O. The Bertz CT molecular complexity index is 192. The van der Waals surface area contributed by atoms with Gasteiger partial charge in [-0.15, -0.1) is 0 Å². The summed E-state index contributed by atoms with van der Waals surface area (Å²) in [5.74, 6) is -1.43. The van der Waals surface area contributed by atoms with Crippen LogP contribution in [0.2, 0.25) is 0 Å². The highest BCUT2D eigenvalue weighted by Gasteiger charge is 2.42. The second-order valence-corrected chi connectivity index (χ2v) is 3.95. The van der Waals surface area contributed by atoms with Crippen molar-refractivity contribution in [1.29, 1.82) is 0 Å². The Morgan fingerprint density at radius 3 is 1.91 bits per heavy atom. The number of nitrogens with one attached hydrogen (secondary N) is 2. The van der Waals surface area contributed by atoms with Gasteiger partial charge in [-0.05, 0) is 0 Å². The van der Waals surface area contributed by atoms with E-state index in [4.69, 9.17) is 20.0 Å². The van der Waals surface area contributed by atoms with Crippen molar-refractivity contribution in [1.82, 2.24) is 10.6 Å². The molecular formula is C3H9N2O5P. The van der Waals surface area contributed by atoms with Crippen molar-refractivity contribution in [3.8, 4) is 0 Å². The Kier molecular flexibility index (Phi) is 2.31. The Balaban J connectivity index is 2.68. The zero-order valence-corrected chi connectivity index (χ0v) is 6.27. The molecule has 3 unspecified atom stereocenters. The van der Waals surface area contributed by atoms with E-state index in [2.05, 4.69) is 10.6 Å². The first kappa shape index (κ1) is 9.08. The molecule has 8 heteroatoms. The van der Waals surface area contributed by atoms with E-state index in [0.717, 1.165) is 0 Å². The van der Waals surface area contributed by atoms with Crippen LogP contribution in [0.5, 0.6) is 0 Å². The molecule has 1 aliphatic rings. The molecule has 66 valence electrons. The lowest BCUT2D eigenvalue weighted by molar-refractivity contribution is 0.0922. The quantitative estimate of drug-likeness (QED) is 0.245. The molecule has 0 spiro atoms. The van der Waals surface area contributed by atoms with Gasteiger partial charge in [0.2, 0.25) is 0 Å². The Labute approximate surface area is 62.2 Å². The summed E-state index contributed by atoms with van der Waals surface area (Å²) in [6, 6.07) is 0. The van der Waals surface area contributed by atoms with Crippen molar-refractivity contribution in [3.63, 3.8) is 0 Å². The van der Waals surface area contributed by atoms with Gasteiger partial charge in [-0.25, -0.2) is 0 Å². The van der Waals surface area contributed by atoms with Gasteiger partial charge in [-0.1, -0.05) is 0 Å². The Morgan fingerprint density at radius 1 is 1.18 bits per heavy atom. The third-order valence-corrected chi connectivity index (χ3v) is 2.47. The molecule has 1 aliphatic heterocycles. The zero-order chi connectivity index (χ0) is 8.65. The first-order valence-electron chi connectivity index (χ1n) is 2.85. The standard InChI is InChI=1S/C3H9N2O5P/c6-1-2(11(8,9)10)5-3(7)4-1/h1-7H,(H2,8,9,10). The van der Waals surface area contributed by atoms with Crippen LogP contribution in [0.4, 0.5) is 0 Å². The number of aliphatic hydroxyl groups is 2. The van der Waals surface area contributed by atoms with Crippen molar-refractivity contribution in [2.24, 2.45) is 0 Å². The molecule has 0 aromatic heterocycles. The van der Waals surface area contributed by atoms with Crippen molar-refractivity contribution >= 4 is 7.60 Å². The van der Waals surface area contributed by atoms with Gasteiger partial charge in [-0.2, -0.15) is 0 Å². The van der Waals surface area contributed by atoms with Gasteiger partial charge >= 0.3 is 7.60 Å². The maximum Gasteiger partial charge on any atom is 0.346 e. The van der Waals surface area contributed by atoms with Gasteiger partial charge in [0.05, 0.1) is 0 Å². The molecule has 1 heterocycles. The minimum absolute atomic E-state index is 1.28. The topological polar surface area (TPSA) is 122 Å². The van der Waals surface area contributed by atoms with E-state index in [1.54, 1.807) is 0 Å². The van der Waals surface area contributed by atoms with E-state index >= 15 is 0 Å². The predicted molar refractivity (Wildman–Crippen MR) is 34.1 cm³/mol. The molecule has 1 rings (SSSR count). The van der Waals surface area contributed by atoms with E-state index in [-0.39, 0.29) is 0 Å². The van der Waals surface area contributed by atoms with Crippen LogP contribution in [0, 0.1) is 0 Å². The van der Waals surface area contributed by atoms with Crippen LogP contribution in [-0.4, -0.2) is 38.4 Å². The minimum Gasteiger partial charge on any atom is -0.376 e. The van der Waals surface area contributed by atoms with Crippen molar-refractivity contribution < 1.29 is 24.6 Å². The molecule has 6 N–H and O–H groups in total. The molecule has 0 amide bonds. The van der Waals surface area contributed by atoms with Crippen LogP contribution in [-0.2, 0) is 4.57 Å². The maximum absolute atomic E-state index is 10.5. The van der Waals surface area contributed by atoms with Gasteiger partial charge in [0, 0.05) is 0 Å². The van der Waals surface area contributed by atoms with Crippen LogP contribution < -0.4 is 10.6 Å². The first-order valence-corrected chi connectivity index (χ1v) is 4.53. The summed E-state index contributed by atoms with van der Waals surface area (Å²) in [6.45, 7) is 0. The molecule has 0 saturated carbocycles. The second kappa shape index (κ2) is 2.80. The zero-order valence-electron chi connectivity index (χ0n) is 5.38. The largest absolute Gasteiger partial charge is 0.376 e. The molecule has 3 atom stereocenters. The number of aliphatic hydroxyl groups excluding tert-OH is 2. The smallest absolute Gasteiger partial charge is 0.346 e. The van der Waals surface area contributed by atoms with Crippen LogP contribution in [0.3, 0.4) is 0 Å². The summed E-state index contributed by atoms with van der Waals surface area (Å²) >= 11 is 0. The molecule has 0 aromatic rings. The predicted octanol–water partition coefficient (Wildman–Crippen LogP) is -2.72. The monoisotopic (exact) mass is 184 g/mol. The molecule has 0 bridgehead atoms. The van der Waals surface area contributed by atoms with Crippen molar-refractivity contribution in [2.75, 3.05) is 0 Å². The highest BCUT2D eigenvalue weighted by Crippen LogP contribution is 2.42. The van der Waals surface area contributed by atoms with Crippen LogP contribution in [0.1, 0.15) is 0 Å². The molecule has 7 nitrogen and oxygen atoms in total. The van der Waals surface area contributed by atoms with E-state index < -0.39 is 26.0 Å². The van der Waals surface area contributed by atoms with E-state index in [0.29, 0.717) is 0 Å². The maximum atomic E-state index is 10.5. The highest BCUT2D eigenvalue weighted by atomic mass is 31.2. The average Bonchev–Trinajstić information content (AvgIpc) is 2.08. The molecule has 0 aliphatic carbocycles. The fourth-order valence-electron chi connectivity index (χ4n) is 0.835. The van der Waals surface area contributed by atoms with Crippen LogP contribution >= 0.6 is 7.60 Å². The lowest BCUT2D eigenvalue weighted by atomic mass is 10.6. The normalized spacial score (nSPS) is 39.5. The van der Waals surface area contributed by atoms with Gasteiger partial charge in [0.25, 0.3) is 0 Å². The Morgan fingerprint density at radius 2 is 1.73 bits per heavy atom. The van der Waals surface area contributed by atoms with Crippen LogP contribution in [0.15, 0.2) is 0 Å². The first-order chi connectivity index (χ1) is 4.91. The summed E-state index contributed by atoms with van der Waals surface area (Å²) in [5, 5.41) is 21.7. The molecule has 0 radical (unpaired) electrons. The fourth-order valence-corrected chi connectivity index (χ4v) is 1.62. The molecule has 11 heavy (non-hydrogen) atoms. The minimum atomic E-state index is -4.39. The third kappa shape index (κ3) is 1.97. The molecule has 1 saturated heterocycles. The van der Waals surface area contributed by atoms with Gasteiger partial charge < -0.3 is 20.0 Å². The van der Waals surface area contributed by atoms with Gasteiger partial charge in [0.15, 0.2) is 12.1 Å². The molecule has 1 fully saturated rings.